The van der Waals surface area contributed by atoms with E-state index >= 15 is 0 Å². The van der Waals surface area contributed by atoms with Gasteiger partial charge in [-0.2, -0.15) is 5.26 Å². The molecular weight excluding hydrogens is 326 g/mol. The third-order valence-corrected chi connectivity index (χ3v) is 4.53. The first-order valence-electron chi connectivity index (χ1n) is 11.0. The molecule has 154 valence electrons. The summed E-state index contributed by atoms with van der Waals surface area (Å²) >= 11 is 0. The minimum absolute atomic E-state index is 0.109. The van der Waals surface area contributed by atoms with Gasteiger partial charge in [0, 0.05) is 12.3 Å². The molecule has 1 unspecified atom stereocenters. The molecule has 0 fully saturated rings. The van der Waals surface area contributed by atoms with Gasteiger partial charge in [0.1, 0.15) is 0 Å². The molecule has 0 aliphatic heterocycles. The van der Waals surface area contributed by atoms with Crippen LogP contribution in [0.1, 0.15) is 105 Å². The molecule has 0 spiro atoms. The van der Waals surface area contributed by atoms with E-state index in [1.807, 2.05) is 0 Å². The third kappa shape index (κ3) is 11.2. The topological polar surface area (TPSA) is 51.5 Å². The first-order valence-corrected chi connectivity index (χ1v) is 11.0. The lowest BCUT2D eigenvalue weighted by Crippen LogP contribution is -2.47. The zero-order valence-electron chi connectivity index (χ0n) is 17.9. The Morgan fingerprint density at radius 2 is 1.19 bits per heavy atom. The first-order chi connectivity index (χ1) is 12.7. The van der Waals surface area contributed by atoms with E-state index in [-0.39, 0.29) is 5.92 Å². The normalized spacial score (nSPS) is 12.9. The van der Waals surface area contributed by atoms with Gasteiger partial charge in [0.15, 0.2) is 0 Å². The third-order valence-electron chi connectivity index (χ3n) is 4.53. The van der Waals surface area contributed by atoms with Crippen molar-refractivity contribution >= 4 is 0 Å². The van der Waals surface area contributed by atoms with Crippen LogP contribution < -0.4 is 0 Å². The largest absolute Gasteiger partial charge is 0.327 e. The van der Waals surface area contributed by atoms with Crippen LogP contribution in [0.25, 0.3) is 0 Å². The number of ether oxygens (including phenoxy) is 3. The second kappa shape index (κ2) is 17.8. The molecule has 0 aliphatic carbocycles. The van der Waals surface area contributed by atoms with Crippen molar-refractivity contribution in [1.29, 1.82) is 5.26 Å². The molecule has 0 aromatic carbocycles. The van der Waals surface area contributed by atoms with Gasteiger partial charge in [-0.3, -0.25) is 0 Å². The van der Waals surface area contributed by atoms with Crippen molar-refractivity contribution in [2.24, 2.45) is 5.92 Å². The molecule has 0 N–H and O–H groups in total. The maximum absolute atomic E-state index is 9.11. The molecule has 26 heavy (non-hydrogen) atoms. The molecule has 0 saturated carbocycles. The Labute approximate surface area is 162 Å². The molecule has 0 aromatic heterocycles. The summed E-state index contributed by atoms with van der Waals surface area (Å²) in [7, 11) is 0. The highest BCUT2D eigenvalue weighted by molar-refractivity contribution is 4.79. The highest BCUT2D eigenvalue weighted by Crippen LogP contribution is 2.34. The summed E-state index contributed by atoms with van der Waals surface area (Å²) in [4.78, 5) is 0. The second-order valence-corrected chi connectivity index (χ2v) is 7.10. The maximum Gasteiger partial charge on any atom is 0.285 e. The minimum Gasteiger partial charge on any atom is -0.327 e. The molecule has 0 rings (SSSR count). The number of unbranched alkanes of at least 4 members (excludes halogenated alkanes) is 5. The lowest BCUT2D eigenvalue weighted by Gasteiger charge is -2.39. The Hall–Kier alpha value is -0.630. The van der Waals surface area contributed by atoms with Crippen molar-refractivity contribution in [1.82, 2.24) is 0 Å². The van der Waals surface area contributed by atoms with Crippen LogP contribution in [0, 0.1) is 17.2 Å². The Bertz CT molecular complexity index is 319. The fourth-order valence-electron chi connectivity index (χ4n) is 3.12. The number of hydrogen-bond acceptors (Lipinski definition) is 4. The van der Waals surface area contributed by atoms with Crippen molar-refractivity contribution in [2.45, 2.75) is 111 Å². The van der Waals surface area contributed by atoms with Crippen molar-refractivity contribution in [3.8, 4) is 6.07 Å². The van der Waals surface area contributed by atoms with Gasteiger partial charge < -0.3 is 14.2 Å². The molecule has 0 saturated heterocycles. The lowest BCUT2D eigenvalue weighted by molar-refractivity contribution is -0.406. The Morgan fingerprint density at radius 1 is 0.692 bits per heavy atom. The average molecular weight is 370 g/mol. The summed E-state index contributed by atoms with van der Waals surface area (Å²) in [5.41, 5.74) is 0. The maximum atomic E-state index is 9.11. The number of hydrogen-bond donors (Lipinski definition) is 0. The standard InChI is InChI=1S/C22H43NO3/c1-5-9-10-11-12-13-15-21(16-14-17-23)22(24-18-6-2,25-19-7-3)26-20-8-4/h21H,5-16,18-20H2,1-4H3. The van der Waals surface area contributed by atoms with Crippen molar-refractivity contribution in [2.75, 3.05) is 19.8 Å². The summed E-state index contributed by atoms with van der Waals surface area (Å²) in [6, 6.07) is 2.29. The van der Waals surface area contributed by atoms with Crippen LogP contribution in [0.5, 0.6) is 0 Å². The summed E-state index contributed by atoms with van der Waals surface area (Å²) < 4.78 is 18.6. The zero-order chi connectivity index (χ0) is 19.5. The molecule has 0 heterocycles. The minimum atomic E-state index is -0.984. The van der Waals surface area contributed by atoms with Crippen LogP contribution in [-0.4, -0.2) is 25.8 Å². The van der Waals surface area contributed by atoms with E-state index in [4.69, 9.17) is 19.5 Å². The van der Waals surface area contributed by atoms with Crippen LogP contribution in [0.2, 0.25) is 0 Å². The van der Waals surface area contributed by atoms with E-state index in [2.05, 4.69) is 33.8 Å². The number of nitrogens with zero attached hydrogens (tertiary/aromatic N) is 1. The van der Waals surface area contributed by atoms with E-state index in [1.165, 1.54) is 32.1 Å². The van der Waals surface area contributed by atoms with E-state index in [0.717, 1.165) is 38.5 Å². The van der Waals surface area contributed by atoms with Gasteiger partial charge in [0.05, 0.1) is 25.9 Å². The van der Waals surface area contributed by atoms with Gasteiger partial charge in [-0.15, -0.1) is 0 Å². The molecule has 0 aromatic rings. The Balaban J connectivity index is 5.02. The molecule has 4 heteroatoms. The van der Waals surface area contributed by atoms with Crippen LogP contribution in [0.4, 0.5) is 0 Å². The summed E-state index contributed by atoms with van der Waals surface area (Å²) in [5.74, 6) is -0.875. The van der Waals surface area contributed by atoms with Crippen LogP contribution in [0.3, 0.4) is 0 Å². The predicted molar refractivity (Wildman–Crippen MR) is 108 cm³/mol. The van der Waals surface area contributed by atoms with Gasteiger partial charge in [-0.1, -0.05) is 66.2 Å². The zero-order valence-corrected chi connectivity index (χ0v) is 17.9. The van der Waals surface area contributed by atoms with Gasteiger partial charge in [0.2, 0.25) is 0 Å². The highest BCUT2D eigenvalue weighted by Gasteiger charge is 2.42. The van der Waals surface area contributed by atoms with Gasteiger partial charge in [-0.25, -0.2) is 0 Å². The fourth-order valence-corrected chi connectivity index (χ4v) is 3.12. The summed E-state index contributed by atoms with van der Waals surface area (Å²) in [6.45, 7) is 10.4. The molecule has 1 atom stereocenters. The number of nitriles is 1. The summed E-state index contributed by atoms with van der Waals surface area (Å²) in [5, 5.41) is 9.11. The average Bonchev–Trinajstić information content (AvgIpc) is 2.67. The predicted octanol–water partition coefficient (Wildman–Crippen LogP) is 6.59. The fraction of sp³-hybridized carbons (Fsp3) is 0.955. The number of rotatable bonds is 19. The van der Waals surface area contributed by atoms with E-state index in [1.54, 1.807) is 0 Å². The monoisotopic (exact) mass is 369 g/mol. The van der Waals surface area contributed by atoms with Crippen molar-refractivity contribution in [3.63, 3.8) is 0 Å². The Morgan fingerprint density at radius 3 is 1.65 bits per heavy atom. The molecule has 0 bridgehead atoms. The first kappa shape index (κ1) is 25.4. The lowest BCUT2D eigenvalue weighted by atomic mass is 9.93. The van der Waals surface area contributed by atoms with Crippen molar-refractivity contribution < 1.29 is 14.2 Å². The van der Waals surface area contributed by atoms with E-state index in [0.29, 0.717) is 26.2 Å². The second-order valence-electron chi connectivity index (χ2n) is 7.10. The van der Waals surface area contributed by atoms with Gasteiger partial charge in [0.25, 0.3) is 5.97 Å². The van der Waals surface area contributed by atoms with Gasteiger partial charge in [-0.05, 0) is 32.1 Å². The van der Waals surface area contributed by atoms with Crippen LogP contribution in [-0.2, 0) is 14.2 Å². The van der Waals surface area contributed by atoms with E-state index in [9.17, 15) is 0 Å². The molecule has 4 nitrogen and oxygen atoms in total. The van der Waals surface area contributed by atoms with E-state index < -0.39 is 5.97 Å². The smallest absolute Gasteiger partial charge is 0.285 e. The molecule has 0 amide bonds. The van der Waals surface area contributed by atoms with Crippen molar-refractivity contribution in [3.05, 3.63) is 0 Å². The summed E-state index contributed by atoms with van der Waals surface area (Å²) in [6.07, 6.45) is 12.6. The SMILES string of the molecule is CCCCCCCCC(CCC#N)C(OCCC)(OCCC)OCCC. The Kier molecular flexibility index (Phi) is 17.3. The molecular formula is C22H43NO3. The molecule has 0 aliphatic rings. The van der Waals surface area contributed by atoms with Crippen LogP contribution in [0.15, 0.2) is 0 Å². The quantitative estimate of drug-likeness (QED) is 0.190. The van der Waals surface area contributed by atoms with Gasteiger partial charge >= 0.3 is 0 Å². The molecule has 0 radical (unpaired) electrons. The van der Waals surface area contributed by atoms with Crippen LogP contribution >= 0.6 is 0 Å². The highest BCUT2D eigenvalue weighted by atomic mass is 16.9.